The number of hydrogen-bond donors (Lipinski definition) is 2. The SMILES string of the molecule is O=C(CSc1nc2ccccc2[nH]1)NN=Cc1cccc(Cl)c1Cl. The van der Waals surface area contributed by atoms with Crippen LogP contribution in [0.4, 0.5) is 0 Å². The Balaban J connectivity index is 1.54. The van der Waals surface area contributed by atoms with Crippen LogP contribution in [0.15, 0.2) is 52.7 Å². The van der Waals surface area contributed by atoms with Crippen LogP contribution in [0, 0.1) is 0 Å². The summed E-state index contributed by atoms with van der Waals surface area (Å²) < 4.78 is 0. The number of rotatable bonds is 5. The number of amides is 1. The van der Waals surface area contributed by atoms with E-state index in [0.29, 0.717) is 20.8 Å². The van der Waals surface area contributed by atoms with E-state index in [9.17, 15) is 4.79 Å². The van der Waals surface area contributed by atoms with Crippen LogP contribution in [0.1, 0.15) is 5.56 Å². The normalized spacial score (nSPS) is 11.2. The molecule has 0 spiro atoms. The lowest BCUT2D eigenvalue weighted by molar-refractivity contribution is -0.118. The van der Waals surface area contributed by atoms with Gasteiger partial charge >= 0.3 is 0 Å². The van der Waals surface area contributed by atoms with Crippen LogP contribution in [0.5, 0.6) is 0 Å². The maximum atomic E-state index is 11.8. The first-order valence-corrected chi connectivity index (χ1v) is 8.71. The molecule has 2 N–H and O–H groups in total. The van der Waals surface area contributed by atoms with Gasteiger partial charge in [-0.05, 0) is 18.2 Å². The lowest BCUT2D eigenvalue weighted by Gasteiger charge is -2.00. The minimum atomic E-state index is -0.241. The third kappa shape index (κ3) is 4.08. The summed E-state index contributed by atoms with van der Waals surface area (Å²) in [6, 6.07) is 12.9. The van der Waals surface area contributed by atoms with Gasteiger partial charge in [0.2, 0.25) is 0 Å². The zero-order valence-corrected chi connectivity index (χ0v) is 14.6. The van der Waals surface area contributed by atoms with Crippen molar-refractivity contribution in [1.29, 1.82) is 0 Å². The average molecular weight is 379 g/mol. The lowest BCUT2D eigenvalue weighted by atomic mass is 10.2. The topological polar surface area (TPSA) is 70.1 Å². The minimum absolute atomic E-state index is 0.195. The molecule has 1 aromatic heterocycles. The van der Waals surface area contributed by atoms with Crippen LogP contribution in [-0.4, -0.2) is 27.8 Å². The summed E-state index contributed by atoms with van der Waals surface area (Å²) in [5.41, 5.74) is 4.89. The molecule has 122 valence electrons. The van der Waals surface area contributed by atoms with Crippen molar-refractivity contribution >= 4 is 58.1 Å². The van der Waals surface area contributed by atoms with Gasteiger partial charge in [-0.2, -0.15) is 5.10 Å². The first-order valence-electron chi connectivity index (χ1n) is 6.97. The monoisotopic (exact) mass is 378 g/mol. The van der Waals surface area contributed by atoms with Crippen molar-refractivity contribution in [2.24, 2.45) is 5.10 Å². The number of fused-ring (bicyclic) bond motifs is 1. The number of aromatic nitrogens is 2. The molecule has 1 amide bonds. The van der Waals surface area contributed by atoms with Gasteiger partial charge in [0.25, 0.3) is 5.91 Å². The van der Waals surface area contributed by atoms with E-state index in [1.807, 2.05) is 24.3 Å². The van der Waals surface area contributed by atoms with E-state index < -0.39 is 0 Å². The molecule has 0 aliphatic heterocycles. The quantitative estimate of drug-likeness (QED) is 0.398. The summed E-state index contributed by atoms with van der Waals surface area (Å²) in [6.07, 6.45) is 1.46. The Morgan fingerprint density at radius 1 is 1.25 bits per heavy atom. The Labute approximate surface area is 152 Å². The maximum absolute atomic E-state index is 11.8. The highest BCUT2D eigenvalue weighted by Gasteiger charge is 2.06. The number of para-hydroxylation sites is 2. The third-order valence-electron chi connectivity index (χ3n) is 3.08. The number of carbonyl (C=O) groups is 1. The van der Waals surface area contributed by atoms with Gasteiger partial charge in [-0.1, -0.05) is 59.2 Å². The summed E-state index contributed by atoms with van der Waals surface area (Å²) >= 11 is 13.3. The number of halogens is 2. The molecule has 0 aliphatic rings. The zero-order valence-electron chi connectivity index (χ0n) is 12.3. The highest BCUT2D eigenvalue weighted by Crippen LogP contribution is 2.24. The maximum Gasteiger partial charge on any atom is 0.250 e. The van der Waals surface area contributed by atoms with E-state index in [0.717, 1.165) is 11.0 Å². The van der Waals surface area contributed by atoms with Gasteiger partial charge in [-0.3, -0.25) is 4.79 Å². The Bertz CT molecular complexity index is 877. The smallest absolute Gasteiger partial charge is 0.250 e. The molecule has 0 bridgehead atoms. The van der Waals surface area contributed by atoms with Crippen LogP contribution in [0.25, 0.3) is 11.0 Å². The minimum Gasteiger partial charge on any atom is -0.333 e. The summed E-state index contributed by atoms with van der Waals surface area (Å²) in [5, 5.41) is 5.41. The molecule has 24 heavy (non-hydrogen) atoms. The van der Waals surface area contributed by atoms with Gasteiger partial charge in [-0.25, -0.2) is 10.4 Å². The number of aromatic amines is 1. The Kier molecular flexibility index (Phi) is 5.40. The molecule has 0 atom stereocenters. The van der Waals surface area contributed by atoms with E-state index in [-0.39, 0.29) is 11.7 Å². The molecule has 0 unspecified atom stereocenters. The fraction of sp³-hybridized carbons (Fsp3) is 0.0625. The predicted octanol–water partition coefficient (Wildman–Crippen LogP) is 4.11. The summed E-state index contributed by atoms with van der Waals surface area (Å²) in [4.78, 5) is 19.4. The molecular formula is C16H12Cl2N4OS. The van der Waals surface area contributed by atoms with Crippen molar-refractivity contribution in [2.75, 3.05) is 5.75 Å². The number of thioether (sulfide) groups is 1. The molecule has 3 aromatic rings. The number of nitrogens with one attached hydrogen (secondary N) is 2. The molecule has 5 nitrogen and oxygen atoms in total. The van der Waals surface area contributed by atoms with E-state index in [1.54, 1.807) is 18.2 Å². The van der Waals surface area contributed by atoms with Crippen molar-refractivity contribution in [1.82, 2.24) is 15.4 Å². The molecule has 2 aromatic carbocycles. The second-order valence-corrected chi connectivity index (χ2v) is 6.53. The first-order chi connectivity index (χ1) is 11.6. The van der Waals surface area contributed by atoms with Gasteiger partial charge in [0.05, 0.1) is 33.0 Å². The Hall–Kier alpha value is -2.02. The number of carbonyl (C=O) groups excluding carboxylic acids is 1. The van der Waals surface area contributed by atoms with Gasteiger partial charge in [0.15, 0.2) is 5.16 Å². The largest absolute Gasteiger partial charge is 0.333 e. The van der Waals surface area contributed by atoms with Gasteiger partial charge in [-0.15, -0.1) is 0 Å². The van der Waals surface area contributed by atoms with Crippen molar-refractivity contribution in [2.45, 2.75) is 5.16 Å². The molecule has 8 heteroatoms. The molecule has 0 saturated heterocycles. The summed E-state index contributed by atoms with van der Waals surface area (Å²) in [6.45, 7) is 0. The van der Waals surface area contributed by atoms with Gasteiger partial charge < -0.3 is 4.98 Å². The van der Waals surface area contributed by atoms with Crippen molar-refractivity contribution in [3.05, 3.63) is 58.1 Å². The molecule has 0 radical (unpaired) electrons. The zero-order chi connectivity index (χ0) is 16.9. The molecule has 3 rings (SSSR count). The van der Waals surface area contributed by atoms with Crippen LogP contribution >= 0.6 is 35.0 Å². The van der Waals surface area contributed by atoms with E-state index in [1.165, 1.54) is 18.0 Å². The average Bonchev–Trinajstić information content (AvgIpc) is 3.00. The number of imidazole rings is 1. The molecule has 0 fully saturated rings. The fourth-order valence-electron chi connectivity index (χ4n) is 1.96. The van der Waals surface area contributed by atoms with E-state index in [2.05, 4.69) is 20.5 Å². The van der Waals surface area contributed by atoms with Crippen LogP contribution < -0.4 is 5.43 Å². The van der Waals surface area contributed by atoms with Crippen LogP contribution in [0.3, 0.4) is 0 Å². The van der Waals surface area contributed by atoms with Gasteiger partial charge in [0.1, 0.15) is 0 Å². The lowest BCUT2D eigenvalue weighted by Crippen LogP contribution is -2.19. The first kappa shape index (κ1) is 16.8. The summed E-state index contributed by atoms with van der Waals surface area (Å²) in [7, 11) is 0. The third-order valence-corrected chi connectivity index (χ3v) is 4.79. The second kappa shape index (κ2) is 7.70. The fourth-order valence-corrected chi connectivity index (χ4v) is 2.99. The number of H-pyrrole nitrogens is 1. The van der Waals surface area contributed by atoms with E-state index >= 15 is 0 Å². The summed E-state index contributed by atoms with van der Waals surface area (Å²) in [5.74, 6) is -0.0460. The molecule has 1 heterocycles. The van der Waals surface area contributed by atoms with Crippen molar-refractivity contribution < 1.29 is 4.79 Å². The number of nitrogens with zero attached hydrogens (tertiary/aromatic N) is 2. The number of benzene rings is 2. The highest BCUT2D eigenvalue weighted by atomic mass is 35.5. The Morgan fingerprint density at radius 2 is 2.08 bits per heavy atom. The standard InChI is InChI=1S/C16H12Cl2N4OS/c17-11-5-3-4-10(15(11)18)8-19-22-14(23)9-24-16-20-12-6-1-2-7-13(12)21-16/h1-8H,9H2,(H,20,21)(H,22,23). The van der Waals surface area contributed by atoms with Gasteiger partial charge in [0, 0.05) is 5.56 Å². The van der Waals surface area contributed by atoms with Crippen molar-refractivity contribution in [3.8, 4) is 0 Å². The second-order valence-electron chi connectivity index (χ2n) is 4.78. The van der Waals surface area contributed by atoms with E-state index in [4.69, 9.17) is 23.2 Å². The Morgan fingerprint density at radius 3 is 2.92 bits per heavy atom. The highest BCUT2D eigenvalue weighted by molar-refractivity contribution is 7.99. The molecule has 0 saturated carbocycles. The number of hydrogen-bond acceptors (Lipinski definition) is 4. The predicted molar refractivity (Wildman–Crippen MR) is 99.0 cm³/mol. The molecular weight excluding hydrogens is 367 g/mol. The number of hydrazone groups is 1. The van der Waals surface area contributed by atoms with Crippen LogP contribution in [-0.2, 0) is 4.79 Å². The van der Waals surface area contributed by atoms with Crippen LogP contribution in [0.2, 0.25) is 10.0 Å². The van der Waals surface area contributed by atoms with Crippen molar-refractivity contribution in [3.63, 3.8) is 0 Å². The molecule has 0 aliphatic carbocycles.